The Hall–Kier alpha value is -2.08. The number of methoxy groups -OCH3 is 1. The second kappa shape index (κ2) is 7.97. The maximum atomic E-state index is 12.6. The van der Waals surface area contributed by atoms with Crippen molar-refractivity contribution in [2.24, 2.45) is 5.92 Å². The molecule has 0 saturated carbocycles. The topological polar surface area (TPSA) is 76.1 Å². The first-order valence-electron chi connectivity index (χ1n) is 7.80. The van der Waals surface area contributed by atoms with Crippen LogP contribution in [0.25, 0.3) is 0 Å². The van der Waals surface area contributed by atoms with Crippen LogP contribution in [0, 0.1) is 5.92 Å². The van der Waals surface area contributed by atoms with Crippen LogP contribution in [0.5, 0.6) is 5.75 Å². The zero-order valence-electron chi connectivity index (χ0n) is 13.5. The molecule has 1 amide bonds. The van der Waals surface area contributed by atoms with Gasteiger partial charge in [0.25, 0.3) is 5.91 Å². The molecule has 1 aromatic carbocycles. The van der Waals surface area contributed by atoms with Crippen LogP contribution in [0.2, 0.25) is 0 Å². The van der Waals surface area contributed by atoms with Gasteiger partial charge in [0.2, 0.25) is 0 Å². The molecule has 6 heteroatoms. The standard InChI is InChI=1S/C17H23NO5/c1-12-15(17(20)21)4-3-9-18(12)16(19)13-5-7-14(8-6-13)23-11-10-22-2/h5-8,12,15H,3-4,9-11H2,1-2H3,(H,20,21)/t12-,15-/m0/s1. The summed E-state index contributed by atoms with van der Waals surface area (Å²) in [6.45, 7) is 3.35. The molecule has 6 nitrogen and oxygen atoms in total. The number of ether oxygens (including phenoxy) is 2. The van der Waals surface area contributed by atoms with Crippen LogP contribution in [0.3, 0.4) is 0 Å². The largest absolute Gasteiger partial charge is 0.491 e. The predicted molar refractivity (Wildman–Crippen MR) is 84.7 cm³/mol. The lowest BCUT2D eigenvalue weighted by Crippen LogP contribution is -2.49. The fourth-order valence-electron chi connectivity index (χ4n) is 2.86. The number of hydrogen-bond acceptors (Lipinski definition) is 4. The molecule has 2 atom stereocenters. The van der Waals surface area contributed by atoms with Crippen molar-refractivity contribution in [2.75, 3.05) is 26.9 Å². The van der Waals surface area contributed by atoms with Crippen LogP contribution in [0.15, 0.2) is 24.3 Å². The first-order valence-corrected chi connectivity index (χ1v) is 7.80. The van der Waals surface area contributed by atoms with E-state index in [2.05, 4.69) is 0 Å². The normalized spacial score (nSPS) is 21.0. The van der Waals surface area contributed by atoms with E-state index in [1.807, 2.05) is 0 Å². The van der Waals surface area contributed by atoms with Gasteiger partial charge in [-0.05, 0) is 44.0 Å². The molecule has 1 aromatic rings. The average Bonchev–Trinajstić information content (AvgIpc) is 2.55. The van der Waals surface area contributed by atoms with E-state index in [1.54, 1.807) is 43.2 Å². The van der Waals surface area contributed by atoms with Gasteiger partial charge in [0.15, 0.2) is 0 Å². The van der Waals surface area contributed by atoms with E-state index in [-0.39, 0.29) is 11.9 Å². The van der Waals surface area contributed by atoms with Gasteiger partial charge in [-0.1, -0.05) is 0 Å². The molecule has 1 fully saturated rings. The van der Waals surface area contributed by atoms with Crippen molar-refractivity contribution >= 4 is 11.9 Å². The first-order chi connectivity index (χ1) is 11.0. The van der Waals surface area contributed by atoms with Crippen molar-refractivity contribution in [3.8, 4) is 5.75 Å². The van der Waals surface area contributed by atoms with E-state index in [0.29, 0.717) is 43.9 Å². The molecule has 2 rings (SSSR count). The second-order valence-electron chi connectivity index (χ2n) is 5.69. The van der Waals surface area contributed by atoms with Gasteiger partial charge in [-0.25, -0.2) is 0 Å². The molecule has 1 saturated heterocycles. The summed E-state index contributed by atoms with van der Waals surface area (Å²) >= 11 is 0. The molecular formula is C17H23NO5. The SMILES string of the molecule is COCCOc1ccc(C(=O)N2CCC[C@H](C(=O)O)[C@@H]2C)cc1. The van der Waals surface area contributed by atoms with Crippen LogP contribution in [-0.4, -0.2) is 54.8 Å². The minimum absolute atomic E-state index is 0.133. The van der Waals surface area contributed by atoms with Gasteiger partial charge < -0.3 is 19.5 Å². The van der Waals surface area contributed by atoms with Gasteiger partial charge in [-0.3, -0.25) is 9.59 Å². The van der Waals surface area contributed by atoms with Gasteiger partial charge in [0, 0.05) is 25.3 Å². The highest BCUT2D eigenvalue weighted by Crippen LogP contribution is 2.25. The van der Waals surface area contributed by atoms with Gasteiger partial charge in [-0.15, -0.1) is 0 Å². The van der Waals surface area contributed by atoms with Gasteiger partial charge in [0.1, 0.15) is 12.4 Å². The van der Waals surface area contributed by atoms with Crippen LogP contribution < -0.4 is 4.74 Å². The van der Waals surface area contributed by atoms with Crippen molar-refractivity contribution in [3.63, 3.8) is 0 Å². The highest BCUT2D eigenvalue weighted by Gasteiger charge is 2.35. The fraction of sp³-hybridized carbons (Fsp3) is 0.529. The van der Waals surface area contributed by atoms with Gasteiger partial charge in [-0.2, -0.15) is 0 Å². The third kappa shape index (κ3) is 4.22. The molecule has 23 heavy (non-hydrogen) atoms. The molecule has 1 aliphatic rings. The van der Waals surface area contributed by atoms with Crippen molar-refractivity contribution < 1.29 is 24.2 Å². The van der Waals surface area contributed by atoms with E-state index in [4.69, 9.17) is 9.47 Å². The number of likely N-dealkylation sites (tertiary alicyclic amines) is 1. The summed E-state index contributed by atoms with van der Waals surface area (Å²) in [5.74, 6) is -0.790. The number of hydrogen-bond donors (Lipinski definition) is 1. The monoisotopic (exact) mass is 321 g/mol. The van der Waals surface area contributed by atoms with E-state index in [1.165, 1.54) is 0 Å². The van der Waals surface area contributed by atoms with Crippen molar-refractivity contribution in [1.82, 2.24) is 4.90 Å². The molecule has 0 unspecified atom stereocenters. The molecule has 0 aliphatic carbocycles. The summed E-state index contributed by atoms with van der Waals surface area (Å²) in [5, 5.41) is 9.25. The molecule has 1 aliphatic heterocycles. The lowest BCUT2D eigenvalue weighted by molar-refractivity contribution is -0.144. The van der Waals surface area contributed by atoms with E-state index < -0.39 is 11.9 Å². The maximum absolute atomic E-state index is 12.6. The number of benzene rings is 1. The molecule has 0 bridgehead atoms. The number of carboxylic acid groups (broad SMARTS) is 1. The lowest BCUT2D eigenvalue weighted by atomic mass is 9.90. The number of carbonyl (C=O) groups is 2. The number of carboxylic acids is 1. The number of nitrogens with zero attached hydrogens (tertiary/aromatic N) is 1. The van der Waals surface area contributed by atoms with Crippen molar-refractivity contribution in [3.05, 3.63) is 29.8 Å². The number of piperidine rings is 1. The minimum Gasteiger partial charge on any atom is -0.491 e. The third-order valence-corrected chi connectivity index (χ3v) is 4.22. The molecule has 0 radical (unpaired) electrons. The third-order valence-electron chi connectivity index (χ3n) is 4.22. The van der Waals surface area contributed by atoms with Gasteiger partial charge >= 0.3 is 5.97 Å². The summed E-state index contributed by atoms with van der Waals surface area (Å²) in [6, 6.07) is 6.60. The van der Waals surface area contributed by atoms with E-state index in [9.17, 15) is 14.7 Å². The quantitative estimate of drug-likeness (QED) is 0.811. The zero-order chi connectivity index (χ0) is 16.8. The Labute approximate surface area is 136 Å². The molecule has 1 heterocycles. The molecule has 126 valence electrons. The van der Waals surface area contributed by atoms with Crippen molar-refractivity contribution in [1.29, 1.82) is 0 Å². The number of amides is 1. The molecule has 1 N–H and O–H groups in total. The zero-order valence-corrected chi connectivity index (χ0v) is 13.5. The number of carbonyl (C=O) groups excluding carboxylic acids is 1. The minimum atomic E-state index is -0.836. The second-order valence-corrected chi connectivity index (χ2v) is 5.69. The molecular weight excluding hydrogens is 298 g/mol. The highest BCUT2D eigenvalue weighted by molar-refractivity contribution is 5.95. The smallest absolute Gasteiger partial charge is 0.308 e. The van der Waals surface area contributed by atoms with Crippen LogP contribution in [0.4, 0.5) is 0 Å². The summed E-state index contributed by atoms with van der Waals surface area (Å²) in [4.78, 5) is 25.6. The van der Waals surface area contributed by atoms with Gasteiger partial charge in [0.05, 0.1) is 12.5 Å². The lowest BCUT2D eigenvalue weighted by Gasteiger charge is -2.37. The number of aliphatic carboxylic acids is 1. The van der Waals surface area contributed by atoms with Crippen LogP contribution in [-0.2, 0) is 9.53 Å². The predicted octanol–water partition coefficient (Wildman–Crippen LogP) is 2.04. The Morgan fingerprint density at radius 3 is 2.57 bits per heavy atom. The Morgan fingerprint density at radius 2 is 1.96 bits per heavy atom. The Balaban J connectivity index is 2.03. The summed E-state index contributed by atoms with van der Waals surface area (Å²) in [5.41, 5.74) is 0.544. The fourth-order valence-corrected chi connectivity index (χ4v) is 2.86. The Bertz CT molecular complexity index is 542. The summed E-state index contributed by atoms with van der Waals surface area (Å²) in [6.07, 6.45) is 1.33. The van der Waals surface area contributed by atoms with Crippen LogP contribution in [0.1, 0.15) is 30.1 Å². The van der Waals surface area contributed by atoms with Crippen LogP contribution >= 0.6 is 0 Å². The summed E-state index contributed by atoms with van der Waals surface area (Å²) in [7, 11) is 1.61. The number of rotatable bonds is 6. The highest BCUT2D eigenvalue weighted by atomic mass is 16.5. The van der Waals surface area contributed by atoms with E-state index >= 15 is 0 Å². The Kier molecular flexibility index (Phi) is 5.98. The average molecular weight is 321 g/mol. The van der Waals surface area contributed by atoms with Crippen molar-refractivity contribution in [2.45, 2.75) is 25.8 Å². The maximum Gasteiger partial charge on any atom is 0.308 e. The molecule has 0 aromatic heterocycles. The van der Waals surface area contributed by atoms with E-state index in [0.717, 1.165) is 0 Å². The first kappa shape index (κ1) is 17.3. The summed E-state index contributed by atoms with van der Waals surface area (Å²) < 4.78 is 10.4. The molecule has 0 spiro atoms. The Morgan fingerprint density at radius 1 is 1.26 bits per heavy atom.